The predicted octanol–water partition coefficient (Wildman–Crippen LogP) is 3.92. The maximum atomic E-state index is 13.2. The van der Waals surface area contributed by atoms with Crippen molar-refractivity contribution in [3.8, 4) is 0 Å². The van der Waals surface area contributed by atoms with Crippen LogP contribution in [-0.4, -0.2) is 20.8 Å². The summed E-state index contributed by atoms with van der Waals surface area (Å²) in [7, 11) is 0. The largest absolute Gasteiger partial charge is 0.481 e. The Kier molecular flexibility index (Phi) is 3.80. The zero-order valence-electron chi connectivity index (χ0n) is 13.7. The van der Waals surface area contributed by atoms with E-state index >= 15 is 0 Å². The Morgan fingerprint density at radius 2 is 2.16 bits per heavy atom. The van der Waals surface area contributed by atoms with Crippen LogP contribution in [0.4, 0.5) is 0 Å². The molecule has 2 atom stereocenters. The highest BCUT2D eigenvalue weighted by atomic mass is 35.5. The fraction of sp³-hybridized carbons (Fsp3) is 0.389. The quantitative estimate of drug-likeness (QED) is 0.748. The van der Waals surface area contributed by atoms with Gasteiger partial charge >= 0.3 is 5.97 Å². The Morgan fingerprint density at radius 3 is 2.92 bits per heavy atom. The van der Waals surface area contributed by atoms with Crippen molar-refractivity contribution in [3.63, 3.8) is 0 Å². The molecular weight excluding hydrogens is 344 g/mol. The first-order valence-corrected chi connectivity index (χ1v) is 8.68. The number of aliphatic carboxylic acids is 1. The van der Waals surface area contributed by atoms with Crippen LogP contribution < -0.4 is 5.56 Å². The molecule has 2 unspecified atom stereocenters. The summed E-state index contributed by atoms with van der Waals surface area (Å²) in [6.07, 6.45) is 2.62. The standard InChI is InChI=1S/C18H17ClN2O4/c1-9-14-16(25-20-9)15-12(19)6-3-7-13(15)21(17(14)22)11-5-2-4-10(8-11)18(23)24/h3,6-7,10-11H,2,4-5,8H2,1H3,(H,23,24). The van der Waals surface area contributed by atoms with Crippen LogP contribution in [0.5, 0.6) is 0 Å². The highest BCUT2D eigenvalue weighted by Gasteiger charge is 2.31. The molecule has 1 aliphatic carbocycles. The Labute approximate surface area is 148 Å². The Hall–Kier alpha value is -2.34. The van der Waals surface area contributed by atoms with Gasteiger partial charge in [-0.25, -0.2) is 0 Å². The van der Waals surface area contributed by atoms with Crippen molar-refractivity contribution in [1.29, 1.82) is 0 Å². The van der Waals surface area contributed by atoms with Gasteiger partial charge in [0, 0.05) is 6.04 Å². The molecule has 0 radical (unpaired) electrons. The Balaban J connectivity index is 2.03. The number of carboxylic acid groups (broad SMARTS) is 1. The molecular formula is C18H17ClN2O4. The van der Waals surface area contributed by atoms with Crippen molar-refractivity contribution in [2.24, 2.45) is 5.92 Å². The zero-order valence-corrected chi connectivity index (χ0v) is 14.4. The molecule has 1 aliphatic rings. The second kappa shape index (κ2) is 5.88. The first kappa shape index (κ1) is 16.1. The summed E-state index contributed by atoms with van der Waals surface area (Å²) < 4.78 is 7.08. The van der Waals surface area contributed by atoms with E-state index in [1.807, 2.05) is 6.07 Å². The predicted molar refractivity (Wildman–Crippen MR) is 94.2 cm³/mol. The van der Waals surface area contributed by atoms with Gasteiger partial charge in [-0.1, -0.05) is 29.2 Å². The van der Waals surface area contributed by atoms with Crippen LogP contribution >= 0.6 is 11.6 Å². The Bertz CT molecular complexity index is 1050. The van der Waals surface area contributed by atoms with E-state index in [9.17, 15) is 14.7 Å². The van der Waals surface area contributed by atoms with Crippen molar-refractivity contribution in [2.45, 2.75) is 38.6 Å². The van der Waals surface area contributed by atoms with E-state index in [4.69, 9.17) is 16.1 Å². The van der Waals surface area contributed by atoms with Gasteiger partial charge in [0.2, 0.25) is 0 Å². The van der Waals surface area contributed by atoms with Crippen LogP contribution in [-0.2, 0) is 4.79 Å². The van der Waals surface area contributed by atoms with Crippen LogP contribution in [0.3, 0.4) is 0 Å². The molecule has 0 saturated heterocycles. The molecule has 0 amide bonds. The van der Waals surface area contributed by atoms with E-state index in [-0.39, 0.29) is 11.6 Å². The molecule has 2 heterocycles. The van der Waals surface area contributed by atoms with E-state index in [1.165, 1.54) is 0 Å². The van der Waals surface area contributed by atoms with Gasteiger partial charge in [-0.15, -0.1) is 0 Å². The lowest BCUT2D eigenvalue weighted by Crippen LogP contribution is -2.31. The van der Waals surface area contributed by atoms with Crippen molar-refractivity contribution in [3.05, 3.63) is 39.3 Å². The number of nitrogens with zero attached hydrogens (tertiary/aromatic N) is 2. The zero-order chi connectivity index (χ0) is 17.7. The number of aryl methyl sites for hydroxylation is 1. The molecule has 0 aliphatic heterocycles. The lowest BCUT2D eigenvalue weighted by Gasteiger charge is -2.29. The van der Waals surface area contributed by atoms with Gasteiger partial charge in [-0.2, -0.15) is 0 Å². The number of carboxylic acids is 1. The molecule has 0 bridgehead atoms. The van der Waals surface area contributed by atoms with Gasteiger partial charge in [-0.3, -0.25) is 9.59 Å². The highest BCUT2D eigenvalue weighted by molar-refractivity contribution is 6.37. The minimum absolute atomic E-state index is 0.179. The summed E-state index contributed by atoms with van der Waals surface area (Å²) >= 11 is 6.39. The van der Waals surface area contributed by atoms with Crippen molar-refractivity contribution in [2.75, 3.05) is 0 Å². The second-order valence-corrected chi connectivity index (χ2v) is 7.04. The smallest absolute Gasteiger partial charge is 0.306 e. The maximum Gasteiger partial charge on any atom is 0.306 e. The van der Waals surface area contributed by atoms with E-state index in [0.717, 1.165) is 12.8 Å². The number of fused-ring (bicyclic) bond motifs is 3. The van der Waals surface area contributed by atoms with Crippen LogP contribution in [0.1, 0.15) is 37.4 Å². The molecule has 7 heteroatoms. The molecule has 4 rings (SSSR count). The molecule has 2 aromatic heterocycles. The van der Waals surface area contributed by atoms with E-state index in [0.29, 0.717) is 45.4 Å². The fourth-order valence-electron chi connectivity index (χ4n) is 3.95. The third kappa shape index (κ3) is 2.43. The minimum atomic E-state index is -0.803. The number of hydrogen-bond donors (Lipinski definition) is 1. The van der Waals surface area contributed by atoms with Crippen molar-refractivity contribution >= 4 is 39.4 Å². The SMILES string of the molecule is Cc1noc2c1c(=O)n(C1CCCC(C(=O)O)C1)c1cccc(Cl)c21. The molecule has 1 aromatic carbocycles. The molecule has 25 heavy (non-hydrogen) atoms. The maximum absolute atomic E-state index is 13.2. The molecule has 1 N–H and O–H groups in total. The first-order valence-electron chi connectivity index (χ1n) is 8.30. The number of pyridine rings is 1. The number of rotatable bonds is 2. The fourth-order valence-corrected chi connectivity index (χ4v) is 4.20. The van der Waals surface area contributed by atoms with Gasteiger partial charge < -0.3 is 14.2 Å². The minimum Gasteiger partial charge on any atom is -0.481 e. The second-order valence-electron chi connectivity index (χ2n) is 6.64. The summed E-state index contributed by atoms with van der Waals surface area (Å²) in [5.41, 5.74) is 1.38. The third-order valence-corrected chi connectivity index (χ3v) is 5.45. The molecule has 0 spiro atoms. The molecule has 6 nitrogen and oxygen atoms in total. The van der Waals surface area contributed by atoms with Crippen LogP contribution in [0.25, 0.3) is 21.9 Å². The summed E-state index contributed by atoms with van der Waals surface area (Å²) in [6.45, 7) is 1.72. The van der Waals surface area contributed by atoms with Gasteiger partial charge in [0.05, 0.1) is 27.5 Å². The van der Waals surface area contributed by atoms with E-state index in [1.54, 1.807) is 23.6 Å². The lowest BCUT2D eigenvalue weighted by atomic mass is 9.85. The molecule has 1 saturated carbocycles. The first-order chi connectivity index (χ1) is 12.0. The topological polar surface area (TPSA) is 85.3 Å². The lowest BCUT2D eigenvalue weighted by molar-refractivity contribution is -0.143. The summed E-state index contributed by atoms with van der Waals surface area (Å²) in [5, 5.41) is 14.9. The number of carbonyl (C=O) groups is 1. The number of aromatic nitrogens is 2. The van der Waals surface area contributed by atoms with Gasteiger partial charge in [-0.05, 0) is 38.3 Å². The van der Waals surface area contributed by atoms with Gasteiger partial charge in [0.1, 0.15) is 5.39 Å². The molecule has 3 aromatic rings. The van der Waals surface area contributed by atoms with Crippen LogP contribution in [0.2, 0.25) is 5.02 Å². The highest BCUT2D eigenvalue weighted by Crippen LogP contribution is 2.37. The van der Waals surface area contributed by atoms with Gasteiger partial charge in [0.25, 0.3) is 5.56 Å². The normalized spacial score (nSPS) is 21.0. The van der Waals surface area contributed by atoms with Crippen molar-refractivity contribution < 1.29 is 14.4 Å². The van der Waals surface area contributed by atoms with E-state index < -0.39 is 11.9 Å². The number of halogens is 1. The third-order valence-electron chi connectivity index (χ3n) is 5.13. The average Bonchev–Trinajstić information content (AvgIpc) is 2.97. The molecule has 130 valence electrons. The van der Waals surface area contributed by atoms with Gasteiger partial charge in [0.15, 0.2) is 5.58 Å². The summed E-state index contributed by atoms with van der Waals surface area (Å²) in [4.78, 5) is 24.6. The summed E-state index contributed by atoms with van der Waals surface area (Å²) in [5.74, 6) is -1.23. The Morgan fingerprint density at radius 1 is 1.36 bits per heavy atom. The van der Waals surface area contributed by atoms with Crippen LogP contribution in [0, 0.1) is 12.8 Å². The molecule has 1 fully saturated rings. The number of hydrogen-bond acceptors (Lipinski definition) is 4. The monoisotopic (exact) mass is 360 g/mol. The number of benzene rings is 1. The average molecular weight is 361 g/mol. The van der Waals surface area contributed by atoms with E-state index in [2.05, 4.69) is 5.16 Å². The van der Waals surface area contributed by atoms with Crippen LogP contribution in [0.15, 0.2) is 27.5 Å². The van der Waals surface area contributed by atoms with Crippen molar-refractivity contribution in [1.82, 2.24) is 9.72 Å². The summed E-state index contributed by atoms with van der Waals surface area (Å²) in [6, 6.07) is 5.18.